The third-order valence-electron chi connectivity index (χ3n) is 4.50. The zero-order valence-electron chi connectivity index (χ0n) is 11.6. The van der Waals surface area contributed by atoms with Gasteiger partial charge in [0.1, 0.15) is 11.6 Å². The molecule has 2 N–H and O–H groups in total. The van der Waals surface area contributed by atoms with Crippen molar-refractivity contribution in [1.29, 1.82) is 0 Å². The number of phenolic OH excluding ortho intramolecular Hbond substituents is 1. The molecule has 3 rings (SSSR count). The molecular formula is C15H17FN2O3. The van der Waals surface area contributed by atoms with Crippen LogP contribution in [0.1, 0.15) is 29.6 Å². The molecule has 2 saturated heterocycles. The van der Waals surface area contributed by atoms with E-state index in [2.05, 4.69) is 5.32 Å². The number of nitrogens with one attached hydrogen (secondary N) is 1. The van der Waals surface area contributed by atoms with E-state index in [1.54, 1.807) is 4.90 Å². The molecule has 0 atom stereocenters. The monoisotopic (exact) mass is 292 g/mol. The van der Waals surface area contributed by atoms with Crippen molar-refractivity contribution in [2.45, 2.75) is 19.3 Å². The van der Waals surface area contributed by atoms with E-state index in [0.29, 0.717) is 26.1 Å². The van der Waals surface area contributed by atoms with Crippen molar-refractivity contribution < 1.29 is 19.1 Å². The maximum Gasteiger partial charge on any atom is 0.257 e. The highest BCUT2D eigenvalue weighted by Crippen LogP contribution is 2.38. The summed E-state index contributed by atoms with van der Waals surface area (Å²) >= 11 is 0. The van der Waals surface area contributed by atoms with E-state index in [1.807, 2.05) is 0 Å². The van der Waals surface area contributed by atoms with Gasteiger partial charge in [-0.3, -0.25) is 9.59 Å². The summed E-state index contributed by atoms with van der Waals surface area (Å²) < 4.78 is 13.0. The highest BCUT2D eigenvalue weighted by atomic mass is 19.1. The van der Waals surface area contributed by atoms with Gasteiger partial charge in [0, 0.05) is 32.1 Å². The third-order valence-corrected chi connectivity index (χ3v) is 4.50. The van der Waals surface area contributed by atoms with E-state index >= 15 is 0 Å². The van der Waals surface area contributed by atoms with Gasteiger partial charge in [0.25, 0.3) is 5.91 Å². The molecule has 2 aliphatic rings. The number of nitrogens with zero attached hydrogens (tertiary/aromatic N) is 1. The minimum atomic E-state index is -0.572. The Labute approximate surface area is 121 Å². The molecule has 0 bridgehead atoms. The molecule has 0 aromatic heterocycles. The Morgan fingerprint density at radius 2 is 2.05 bits per heavy atom. The van der Waals surface area contributed by atoms with Gasteiger partial charge >= 0.3 is 0 Å². The molecule has 21 heavy (non-hydrogen) atoms. The number of phenols is 1. The lowest BCUT2D eigenvalue weighted by molar-refractivity contribution is -0.119. The topological polar surface area (TPSA) is 69.6 Å². The van der Waals surface area contributed by atoms with Crippen LogP contribution in [-0.2, 0) is 4.79 Å². The summed E-state index contributed by atoms with van der Waals surface area (Å²) in [5, 5.41) is 12.5. The number of hydrogen-bond donors (Lipinski definition) is 2. The standard InChI is InChI=1S/C15H17FN2O3/c16-10-1-2-11(12(19)7-10)14(21)18-5-3-15(4-6-18)8-13(20)17-9-15/h1-2,7,19H,3-6,8-9H2,(H,17,20). The fourth-order valence-electron chi connectivity index (χ4n) is 3.15. The summed E-state index contributed by atoms with van der Waals surface area (Å²) in [4.78, 5) is 25.4. The van der Waals surface area contributed by atoms with Gasteiger partial charge in [0.2, 0.25) is 5.91 Å². The van der Waals surface area contributed by atoms with Crippen molar-refractivity contribution in [3.05, 3.63) is 29.6 Å². The molecule has 0 radical (unpaired) electrons. The van der Waals surface area contributed by atoms with E-state index < -0.39 is 5.82 Å². The van der Waals surface area contributed by atoms with Crippen LogP contribution in [0.4, 0.5) is 4.39 Å². The lowest BCUT2D eigenvalue weighted by Gasteiger charge is -2.38. The number of likely N-dealkylation sites (tertiary alicyclic amines) is 1. The molecule has 2 heterocycles. The summed E-state index contributed by atoms with van der Waals surface area (Å²) in [5.41, 5.74) is 0.0894. The molecule has 1 spiro atoms. The van der Waals surface area contributed by atoms with Gasteiger partial charge in [-0.25, -0.2) is 4.39 Å². The Kier molecular flexibility index (Phi) is 3.31. The lowest BCUT2D eigenvalue weighted by atomic mass is 9.77. The van der Waals surface area contributed by atoms with Crippen LogP contribution in [0.15, 0.2) is 18.2 Å². The Balaban J connectivity index is 1.69. The Morgan fingerprint density at radius 1 is 1.33 bits per heavy atom. The Hall–Kier alpha value is -2.11. The number of rotatable bonds is 1. The third kappa shape index (κ3) is 2.57. The molecule has 0 saturated carbocycles. The summed E-state index contributed by atoms with van der Waals surface area (Å²) in [6.07, 6.45) is 2.05. The normalized spacial score (nSPS) is 20.6. The Morgan fingerprint density at radius 3 is 2.62 bits per heavy atom. The van der Waals surface area contributed by atoms with Gasteiger partial charge in [-0.05, 0) is 30.4 Å². The SMILES string of the molecule is O=C1CC2(CCN(C(=O)c3ccc(F)cc3O)CC2)CN1. The van der Waals surface area contributed by atoms with Crippen molar-refractivity contribution in [3.8, 4) is 5.75 Å². The highest BCUT2D eigenvalue weighted by Gasteiger charge is 2.41. The fraction of sp³-hybridized carbons (Fsp3) is 0.467. The van der Waals surface area contributed by atoms with Gasteiger partial charge in [0.05, 0.1) is 5.56 Å². The van der Waals surface area contributed by atoms with Crippen LogP contribution in [0.25, 0.3) is 0 Å². The molecule has 2 aliphatic heterocycles. The molecule has 1 aromatic rings. The number of carbonyl (C=O) groups excluding carboxylic acids is 2. The van der Waals surface area contributed by atoms with Crippen molar-refractivity contribution in [3.63, 3.8) is 0 Å². The second kappa shape index (κ2) is 5.02. The highest BCUT2D eigenvalue weighted by molar-refractivity contribution is 5.96. The van der Waals surface area contributed by atoms with Crippen LogP contribution in [0.5, 0.6) is 5.75 Å². The molecular weight excluding hydrogens is 275 g/mol. The van der Waals surface area contributed by atoms with E-state index in [4.69, 9.17) is 0 Å². The van der Waals surface area contributed by atoms with Gasteiger partial charge < -0.3 is 15.3 Å². The van der Waals surface area contributed by atoms with Crippen LogP contribution >= 0.6 is 0 Å². The van der Waals surface area contributed by atoms with Crippen LogP contribution < -0.4 is 5.32 Å². The minimum absolute atomic E-state index is 0.0291. The number of carbonyl (C=O) groups is 2. The molecule has 2 fully saturated rings. The summed E-state index contributed by atoms with van der Waals surface area (Å²) in [5.74, 6) is -1.12. The summed E-state index contributed by atoms with van der Waals surface area (Å²) in [6, 6.07) is 3.41. The second-order valence-electron chi connectivity index (χ2n) is 5.91. The molecule has 2 amide bonds. The molecule has 112 valence electrons. The van der Waals surface area contributed by atoms with Crippen molar-refractivity contribution in [2.24, 2.45) is 5.41 Å². The first-order valence-corrected chi connectivity index (χ1v) is 7.04. The van der Waals surface area contributed by atoms with E-state index in [-0.39, 0.29) is 28.5 Å². The van der Waals surface area contributed by atoms with Crippen LogP contribution in [-0.4, -0.2) is 41.5 Å². The first-order valence-electron chi connectivity index (χ1n) is 7.04. The minimum Gasteiger partial charge on any atom is -0.507 e. The molecule has 0 aliphatic carbocycles. The average Bonchev–Trinajstić information content (AvgIpc) is 2.80. The lowest BCUT2D eigenvalue weighted by Crippen LogP contribution is -2.44. The van der Waals surface area contributed by atoms with Crippen LogP contribution in [0, 0.1) is 11.2 Å². The zero-order chi connectivity index (χ0) is 15.0. The van der Waals surface area contributed by atoms with Crippen molar-refractivity contribution in [1.82, 2.24) is 10.2 Å². The number of hydrogen-bond acceptors (Lipinski definition) is 3. The fourth-order valence-corrected chi connectivity index (χ4v) is 3.15. The summed E-state index contributed by atoms with van der Waals surface area (Å²) in [6.45, 7) is 1.77. The largest absolute Gasteiger partial charge is 0.507 e. The average molecular weight is 292 g/mol. The number of piperidine rings is 1. The Bertz CT molecular complexity index is 595. The van der Waals surface area contributed by atoms with E-state index in [9.17, 15) is 19.1 Å². The van der Waals surface area contributed by atoms with Gasteiger partial charge in [-0.1, -0.05) is 0 Å². The smallest absolute Gasteiger partial charge is 0.257 e. The first kappa shape index (κ1) is 13.9. The van der Waals surface area contributed by atoms with Gasteiger partial charge in [-0.15, -0.1) is 0 Å². The number of amides is 2. The number of aromatic hydroxyl groups is 1. The van der Waals surface area contributed by atoms with Gasteiger partial charge in [-0.2, -0.15) is 0 Å². The zero-order valence-corrected chi connectivity index (χ0v) is 11.6. The van der Waals surface area contributed by atoms with E-state index in [1.165, 1.54) is 6.07 Å². The predicted octanol–water partition coefficient (Wildman–Crippen LogP) is 1.27. The maximum atomic E-state index is 13.0. The van der Waals surface area contributed by atoms with E-state index in [0.717, 1.165) is 25.0 Å². The van der Waals surface area contributed by atoms with Crippen molar-refractivity contribution in [2.75, 3.05) is 19.6 Å². The second-order valence-corrected chi connectivity index (χ2v) is 5.91. The molecule has 5 nitrogen and oxygen atoms in total. The number of halogens is 1. The predicted molar refractivity (Wildman–Crippen MR) is 73.3 cm³/mol. The summed E-state index contributed by atoms with van der Waals surface area (Å²) in [7, 11) is 0. The first-order chi connectivity index (χ1) is 9.99. The quantitative estimate of drug-likeness (QED) is 0.819. The molecule has 6 heteroatoms. The van der Waals surface area contributed by atoms with Gasteiger partial charge in [0.15, 0.2) is 0 Å². The maximum absolute atomic E-state index is 13.0. The molecule has 1 aromatic carbocycles. The number of benzene rings is 1. The molecule has 0 unspecified atom stereocenters. The van der Waals surface area contributed by atoms with Crippen LogP contribution in [0.3, 0.4) is 0 Å². The van der Waals surface area contributed by atoms with Crippen molar-refractivity contribution >= 4 is 11.8 Å². The van der Waals surface area contributed by atoms with Crippen LogP contribution in [0.2, 0.25) is 0 Å².